The van der Waals surface area contributed by atoms with E-state index in [1.54, 1.807) is 6.92 Å². The van der Waals surface area contributed by atoms with Gasteiger partial charge in [-0.15, -0.1) is 0 Å². The predicted molar refractivity (Wildman–Crippen MR) is 86.7 cm³/mol. The molecule has 0 fully saturated rings. The third-order valence-electron chi connectivity index (χ3n) is 3.22. The van der Waals surface area contributed by atoms with E-state index in [4.69, 9.17) is 9.47 Å². The number of hydrogen-bond acceptors (Lipinski definition) is 7. The molecule has 0 N–H and O–H groups in total. The van der Waals surface area contributed by atoms with Crippen molar-refractivity contribution in [2.24, 2.45) is 0 Å². The molecule has 0 atom stereocenters. The highest BCUT2D eigenvalue weighted by atomic mass is 16.6. The molecular formula is C17H15NO7. The van der Waals surface area contributed by atoms with Crippen LogP contribution in [0.5, 0.6) is 11.5 Å². The van der Waals surface area contributed by atoms with Gasteiger partial charge in [-0.1, -0.05) is 0 Å². The van der Waals surface area contributed by atoms with Gasteiger partial charge in [0.15, 0.2) is 6.61 Å². The van der Waals surface area contributed by atoms with Crippen LogP contribution in [-0.2, 0) is 9.53 Å². The molecule has 0 aliphatic rings. The second-order valence-corrected chi connectivity index (χ2v) is 4.99. The van der Waals surface area contributed by atoms with Gasteiger partial charge >= 0.3 is 11.9 Å². The van der Waals surface area contributed by atoms with Crippen molar-refractivity contribution in [2.45, 2.75) is 6.92 Å². The largest absolute Gasteiger partial charge is 0.482 e. The number of rotatable bonds is 6. The normalized spacial score (nSPS) is 10.0. The summed E-state index contributed by atoms with van der Waals surface area (Å²) in [4.78, 5) is 33.3. The van der Waals surface area contributed by atoms with Crippen LogP contribution in [0.2, 0.25) is 0 Å². The van der Waals surface area contributed by atoms with Crippen LogP contribution in [0.15, 0.2) is 42.5 Å². The number of non-ortho nitro benzene ring substituents is 1. The molecule has 25 heavy (non-hydrogen) atoms. The van der Waals surface area contributed by atoms with E-state index in [0.717, 1.165) is 0 Å². The Morgan fingerprint density at radius 1 is 1.12 bits per heavy atom. The number of methoxy groups -OCH3 is 1. The van der Waals surface area contributed by atoms with Crippen LogP contribution in [0, 0.1) is 17.0 Å². The van der Waals surface area contributed by atoms with E-state index in [9.17, 15) is 19.7 Å². The number of aryl methyl sites for hydroxylation is 1. The SMILES string of the molecule is COC(=O)c1ccc(OC(=O)COc2ccc([N+](=O)[O-])cc2C)cc1. The first kappa shape index (κ1) is 17.9. The highest BCUT2D eigenvalue weighted by Crippen LogP contribution is 2.23. The Labute approximate surface area is 143 Å². The Balaban J connectivity index is 1.92. The van der Waals surface area contributed by atoms with Crippen molar-refractivity contribution in [3.63, 3.8) is 0 Å². The number of nitro benzene ring substituents is 1. The molecule has 130 valence electrons. The third kappa shape index (κ3) is 4.77. The maximum Gasteiger partial charge on any atom is 0.349 e. The van der Waals surface area contributed by atoms with Gasteiger partial charge < -0.3 is 14.2 Å². The fourth-order valence-electron chi connectivity index (χ4n) is 1.98. The molecule has 0 radical (unpaired) electrons. The molecule has 2 rings (SSSR count). The Morgan fingerprint density at radius 3 is 2.36 bits per heavy atom. The van der Waals surface area contributed by atoms with Gasteiger partial charge in [-0.25, -0.2) is 9.59 Å². The molecule has 0 spiro atoms. The molecule has 0 saturated heterocycles. The molecule has 0 aromatic heterocycles. The summed E-state index contributed by atoms with van der Waals surface area (Å²) in [6.07, 6.45) is 0. The van der Waals surface area contributed by atoms with Gasteiger partial charge in [0.1, 0.15) is 11.5 Å². The van der Waals surface area contributed by atoms with Gasteiger partial charge in [0, 0.05) is 12.1 Å². The molecular weight excluding hydrogens is 330 g/mol. The lowest BCUT2D eigenvalue weighted by Crippen LogP contribution is -2.18. The highest BCUT2D eigenvalue weighted by molar-refractivity contribution is 5.89. The second-order valence-electron chi connectivity index (χ2n) is 4.99. The summed E-state index contributed by atoms with van der Waals surface area (Å²) in [6, 6.07) is 9.92. The Morgan fingerprint density at radius 2 is 1.80 bits per heavy atom. The number of esters is 2. The van der Waals surface area contributed by atoms with Crippen LogP contribution in [0.25, 0.3) is 0 Å². The zero-order valence-corrected chi connectivity index (χ0v) is 13.6. The molecule has 0 aliphatic heterocycles. The maximum absolute atomic E-state index is 11.8. The summed E-state index contributed by atoms with van der Waals surface area (Å²) in [5.41, 5.74) is 0.808. The Kier molecular flexibility index (Phi) is 5.67. The summed E-state index contributed by atoms with van der Waals surface area (Å²) in [7, 11) is 1.27. The van der Waals surface area contributed by atoms with Crippen LogP contribution in [0.4, 0.5) is 5.69 Å². The number of hydrogen-bond donors (Lipinski definition) is 0. The van der Waals surface area contributed by atoms with Gasteiger partial charge in [-0.3, -0.25) is 10.1 Å². The summed E-state index contributed by atoms with van der Waals surface area (Å²) in [6.45, 7) is 1.27. The minimum atomic E-state index is -0.649. The number of benzene rings is 2. The minimum absolute atomic E-state index is 0.0573. The van der Waals surface area contributed by atoms with E-state index in [1.165, 1.54) is 49.6 Å². The molecule has 0 amide bonds. The number of carbonyl (C=O) groups excluding carboxylic acids is 2. The second kappa shape index (κ2) is 7.91. The molecule has 0 unspecified atom stereocenters. The molecule has 0 saturated carbocycles. The summed E-state index contributed by atoms with van der Waals surface area (Å²) >= 11 is 0. The van der Waals surface area contributed by atoms with Crippen LogP contribution >= 0.6 is 0 Å². The smallest absolute Gasteiger partial charge is 0.349 e. The monoisotopic (exact) mass is 345 g/mol. The quantitative estimate of drug-likeness (QED) is 0.343. The van der Waals surface area contributed by atoms with Crippen LogP contribution in [-0.4, -0.2) is 30.6 Å². The maximum atomic E-state index is 11.8. The van der Waals surface area contributed by atoms with E-state index in [2.05, 4.69) is 4.74 Å². The van der Waals surface area contributed by atoms with E-state index in [-0.39, 0.29) is 18.0 Å². The van der Waals surface area contributed by atoms with Crippen LogP contribution in [0.3, 0.4) is 0 Å². The summed E-state index contributed by atoms with van der Waals surface area (Å²) < 4.78 is 15.0. The van der Waals surface area contributed by atoms with Crippen molar-refractivity contribution in [1.82, 2.24) is 0 Å². The van der Waals surface area contributed by atoms with Gasteiger partial charge in [0.25, 0.3) is 5.69 Å². The van der Waals surface area contributed by atoms with Crippen molar-refractivity contribution in [3.8, 4) is 11.5 Å². The lowest BCUT2D eigenvalue weighted by atomic mass is 10.2. The third-order valence-corrected chi connectivity index (χ3v) is 3.22. The molecule has 8 nitrogen and oxygen atoms in total. The first-order chi connectivity index (χ1) is 11.9. The predicted octanol–water partition coefficient (Wildman–Crippen LogP) is 2.67. The fourth-order valence-corrected chi connectivity index (χ4v) is 1.98. The van der Waals surface area contributed by atoms with Crippen molar-refractivity contribution in [1.29, 1.82) is 0 Å². The van der Waals surface area contributed by atoms with Crippen LogP contribution in [0.1, 0.15) is 15.9 Å². The van der Waals surface area contributed by atoms with Gasteiger partial charge in [-0.05, 0) is 42.8 Å². The summed E-state index contributed by atoms with van der Waals surface area (Å²) in [5, 5.41) is 10.7. The van der Waals surface area contributed by atoms with E-state index in [1.807, 2.05) is 0 Å². The average Bonchev–Trinajstić information content (AvgIpc) is 2.60. The van der Waals surface area contributed by atoms with Crippen LogP contribution < -0.4 is 9.47 Å². The van der Waals surface area contributed by atoms with E-state index >= 15 is 0 Å². The first-order valence-corrected chi connectivity index (χ1v) is 7.17. The topological polar surface area (TPSA) is 105 Å². The van der Waals surface area contributed by atoms with Gasteiger partial charge in [0.2, 0.25) is 0 Å². The Hall–Kier alpha value is -3.42. The molecule has 2 aromatic carbocycles. The first-order valence-electron chi connectivity index (χ1n) is 7.17. The molecule has 0 bridgehead atoms. The van der Waals surface area contributed by atoms with Crippen molar-refractivity contribution >= 4 is 17.6 Å². The Bertz CT molecular complexity index is 799. The summed E-state index contributed by atoms with van der Waals surface area (Å²) in [5.74, 6) is -0.538. The standard InChI is InChI=1S/C17H15NO7/c1-11-9-13(18(21)22)5-8-15(11)24-10-16(19)25-14-6-3-12(4-7-14)17(20)23-2/h3-9H,10H2,1-2H3. The number of nitrogens with zero attached hydrogens (tertiary/aromatic N) is 1. The van der Waals surface area contributed by atoms with Crippen molar-refractivity contribution < 1.29 is 28.7 Å². The molecule has 0 aliphatic carbocycles. The van der Waals surface area contributed by atoms with Gasteiger partial charge in [-0.2, -0.15) is 0 Å². The molecule has 8 heteroatoms. The lowest BCUT2D eigenvalue weighted by Gasteiger charge is -2.09. The van der Waals surface area contributed by atoms with E-state index in [0.29, 0.717) is 16.9 Å². The number of carbonyl (C=O) groups is 2. The number of ether oxygens (including phenoxy) is 3. The zero-order chi connectivity index (χ0) is 18.4. The average molecular weight is 345 g/mol. The highest BCUT2D eigenvalue weighted by Gasteiger charge is 2.12. The van der Waals surface area contributed by atoms with Crippen molar-refractivity contribution in [3.05, 3.63) is 63.7 Å². The van der Waals surface area contributed by atoms with E-state index < -0.39 is 16.9 Å². The molecule has 0 heterocycles. The van der Waals surface area contributed by atoms with Gasteiger partial charge in [0.05, 0.1) is 17.6 Å². The lowest BCUT2D eigenvalue weighted by molar-refractivity contribution is -0.384. The van der Waals surface area contributed by atoms with Crippen molar-refractivity contribution in [2.75, 3.05) is 13.7 Å². The minimum Gasteiger partial charge on any atom is -0.482 e. The fraction of sp³-hybridized carbons (Fsp3) is 0.176. The molecule has 2 aromatic rings. The number of nitro groups is 1. The zero-order valence-electron chi connectivity index (χ0n) is 13.6.